The molecule has 4 rings (SSSR count). The van der Waals surface area contributed by atoms with Crippen molar-refractivity contribution in [3.05, 3.63) is 64.8 Å². The Morgan fingerprint density at radius 1 is 1.19 bits per heavy atom. The number of fused-ring (bicyclic) bond motifs is 1. The highest BCUT2D eigenvalue weighted by Gasteiger charge is 2.16. The van der Waals surface area contributed by atoms with Crippen LogP contribution in [0.1, 0.15) is 16.1 Å². The number of aromatic nitrogens is 2. The molecule has 27 heavy (non-hydrogen) atoms. The first-order valence-electron chi connectivity index (χ1n) is 8.17. The lowest BCUT2D eigenvalue weighted by Crippen LogP contribution is -2.23. The third-order valence-electron chi connectivity index (χ3n) is 3.89. The molecule has 0 bridgehead atoms. The largest absolute Gasteiger partial charge is 0.454 e. The van der Waals surface area contributed by atoms with Gasteiger partial charge in [-0.3, -0.25) is 9.89 Å². The van der Waals surface area contributed by atoms with Crippen LogP contribution in [0.25, 0.3) is 11.3 Å². The third-order valence-corrected chi connectivity index (χ3v) is 4.12. The number of nitrogens with one attached hydrogen (secondary N) is 2. The van der Waals surface area contributed by atoms with Crippen LogP contribution in [0.3, 0.4) is 0 Å². The van der Waals surface area contributed by atoms with Gasteiger partial charge in [-0.1, -0.05) is 29.5 Å². The van der Waals surface area contributed by atoms with E-state index < -0.39 is 0 Å². The summed E-state index contributed by atoms with van der Waals surface area (Å²) in [4.78, 5) is 12.2. The van der Waals surface area contributed by atoms with Gasteiger partial charge >= 0.3 is 0 Å². The lowest BCUT2D eigenvalue weighted by molar-refractivity contribution is 0.0953. The lowest BCUT2D eigenvalue weighted by atomic mass is 10.1. The average molecular weight is 380 g/mol. The van der Waals surface area contributed by atoms with Crippen LogP contribution in [-0.2, 0) is 0 Å². The van der Waals surface area contributed by atoms with E-state index in [4.69, 9.17) is 21.1 Å². The highest BCUT2D eigenvalue weighted by atomic mass is 35.5. The lowest BCUT2D eigenvalue weighted by Gasteiger charge is -1.99. The number of hydrogen-bond donors (Lipinski definition) is 2. The van der Waals surface area contributed by atoms with Crippen LogP contribution in [-0.4, -0.2) is 29.4 Å². The summed E-state index contributed by atoms with van der Waals surface area (Å²) in [5.74, 6) is 6.92. The molecule has 0 radical (unpaired) electrons. The minimum Gasteiger partial charge on any atom is -0.454 e. The van der Waals surface area contributed by atoms with E-state index in [0.717, 1.165) is 11.1 Å². The molecule has 0 saturated carbocycles. The molecule has 1 amide bonds. The topological polar surface area (TPSA) is 76.2 Å². The second-order valence-corrected chi connectivity index (χ2v) is 6.17. The fourth-order valence-electron chi connectivity index (χ4n) is 2.57. The molecular formula is C20H14ClN3O3. The number of carbonyl (C=O) groups is 1. The van der Waals surface area contributed by atoms with Crippen molar-refractivity contribution in [2.75, 3.05) is 13.3 Å². The zero-order valence-electron chi connectivity index (χ0n) is 14.1. The zero-order chi connectivity index (χ0) is 18.6. The predicted octanol–water partition coefficient (Wildman–Crippen LogP) is 3.24. The van der Waals surface area contributed by atoms with Gasteiger partial charge < -0.3 is 14.8 Å². The number of halogens is 1. The molecule has 7 heteroatoms. The van der Waals surface area contributed by atoms with Crippen LogP contribution in [0.15, 0.2) is 48.5 Å². The molecule has 0 fully saturated rings. The normalized spacial score (nSPS) is 11.6. The monoisotopic (exact) mass is 379 g/mol. The number of rotatable bonds is 3. The zero-order valence-corrected chi connectivity index (χ0v) is 14.8. The molecule has 1 aromatic heterocycles. The number of benzene rings is 2. The van der Waals surface area contributed by atoms with E-state index in [2.05, 4.69) is 27.4 Å². The van der Waals surface area contributed by atoms with E-state index in [1.54, 1.807) is 18.2 Å². The van der Waals surface area contributed by atoms with Crippen molar-refractivity contribution >= 4 is 17.5 Å². The second kappa shape index (κ2) is 7.44. The number of amides is 1. The molecule has 2 heterocycles. The van der Waals surface area contributed by atoms with Gasteiger partial charge in [0.2, 0.25) is 6.79 Å². The molecule has 0 unspecified atom stereocenters. The number of hydrogen-bond acceptors (Lipinski definition) is 4. The molecule has 2 aromatic carbocycles. The van der Waals surface area contributed by atoms with Crippen molar-refractivity contribution in [2.45, 2.75) is 0 Å². The maximum atomic E-state index is 12.2. The van der Waals surface area contributed by atoms with Gasteiger partial charge in [0.25, 0.3) is 5.91 Å². The van der Waals surface area contributed by atoms with E-state index in [1.165, 1.54) is 0 Å². The fraction of sp³-hybridized carbons (Fsp3) is 0.100. The van der Waals surface area contributed by atoms with E-state index >= 15 is 0 Å². The van der Waals surface area contributed by atoms with Crippen LogP contribution in [0.2, 0.25) is 5.02 Å². The van der Waals surface area contributed by atoms with Crippen molar-refractivity contribution in [1.82, 2.24) is 15.5 Å². The van der Waals surface area contributed by atoms with E-state index in [-0.39, 0.29) is 19.2 Å². The van der Waals surface area contributed by atoms with Crippen molar-refractivity contribution in [3.63, 3.8) is 0 Å². The Kier molecular flexibility index (Phi) is 4.69. The van der Waals surface area contributed by atoms with Crippen molar-refractivity contribution in [1.29, 1.82) is 0 Å². The minimum atomic E-state index is -0.283. The molecule has 1 aliphatic rings. The van der Waals surface area contributed by atoms with Gasteiger partial charge in [-0.15, -0.1) is 0 Å². The van der Waals surface area contributed by atoms with Gasteiger partial charge in [-0.25, -0.2) is 0 Å². The summed E-state index contributed by atoms with van der Waals surface area (Å²) in [6.07, 6.45) is 0. The first-order chi connectivity index (χ1) is 13.2. The fourth-order valence-corrected chi connectivity index (χ4v) is 2.76. The Balaban J connectivity index is 1.39. The smallest absolute Gasteiger partial charge is 0.270 e. The molecule has 0 atom stereocenters. The summed E-state index contributed by atoms with van der Waals surface area (Å²) in [6, 6.07) is 14.4. The summed E-state index contributed by atoms with van der Waals surface area (Å²) in [5, 5.41) is 10.3. The Bertz CT molecular complexity index is 1070. The SMILES string of the molecule is O=C(NCC#Cc1cccc(Cl)c1)c1cc(-c2ccc3c(c2)OCO3)n[nH]1. The third kappa shape index (κ3) is 3.89. The Morgan fingerprint density at radius 2 is 2.07 bits per heavy atom. The van der Waals surface area contributed by atoms with Crippen molar-refractivity contribution < 1.29 is 14.3 Å². The first-order valence-corrected chi connectivity index (χ1v) is 8.55. The van der Waals surface area contributed by atoms with Gasteiger partial charge in [0.1, 0.15) is 5.69 Å². The summed E-state index contributed by atoms with van der Waals surface area (Å²) in [6.45, 7) is 0.424. The Labute approximate surface area is 160 Å². The standard InChI is InChI=1S/C20H14ClN3O3/c21-15-5-1-3-13(9-15)4-2-8-22-20(25)17-11-16(23-24-17)14-6-7-18-19(10-14)27-12-26-18/h1,3,5-7,9-11H,8,12H2,(H,22,25)(H,23,24). The molecule has 0 saturated heterocycles. The van der Waals surface area contributed by atoms with Crippen molar-refractivity contribution in [2.24, 2.45) is 0 Å². The molecular weight excluding hydrogens is 366 g/mol. The number of H-pyrrole nitrogens is 1. The van der Waals surface area contributed by atoms with Gasteiger partial charge in [0, 0.05) is 16.1 Å². The molecule has 6 nitrogen and oxygen atoms in total. The average Bonchev–Trinajstić information content (AvgIpc) is 3.33. The molecule has 2 N–H and O–H groups in total. The highest BCUT2D eigenvalue weighted by Crippen LogP contribution is 2.35. The van der Waals surface area contributed by atoms with Crippen LogP contribution < -0.4 is 14.8 Å². The number of carbonyl (C=O) groups excluding carboxylic acids is 1. The maximum absolute atomic E-state index is 12.2. The van der Waals surface area contributed by atoms with E-state index in [9.17, 15) is 4.79 Å². The highest BCUT2D eigenvalue weighted by molar-refractivity contribution is 6.30. The Morgan fingerprint density at radius 3 is 2.96 bits per heavy atom. The quantitative estimate of drug-likeness (QED) is 0.685. The van der Waals surface area contributed by atoms with Crippen LogP contribution in [0, 0.1) is 11.8 Å². The summed E-state index contributed by atoms with van der Waals surface area (Å²) < 4.78 is 10.7. The Hall–Kier alpha value is -3.43. The number of aromatic amines is 1. The molecule has 0 spiro atoms. The maximum Gasteiger partial charge on any atom is 0.270 e. The molecule has 1 aliphatic heterocycles. The summed E-state index contributed by atoms with van der Waals surface area (Å²) in [7, 11) is 0. The number of nitrogens with zero attached hydrogens (tertiary/aromatic N) is 1. The van der Waals surface area contributed by atoms with E-state index in [1.807, 2.05) is 30.3 Å². The predicted molar refractivity (Wildman–Crippen MR) is 101 cm³/mol. The molecule has 134 valence electrons. The summed E-state index contributed by atoms with van der Waals surface area (Å²) >= 11 is 5.91. The van der Waals surface area contributed by atoms with Gasteiger partial charge in [-0.05, 0) is 42.5 Å². The molecule has 3 aromatic rings. The first kappa shape index (κ1) is 17.0. The van der Waals surface area contributed by atoms with E-state index in [0.29, 0.717) is 27.9 Å². The summed E-state index contributed by atoms with van der Waals surface area (Å²) in [5.41, 5.74) is 2.62. The van der Waals surface area contributed by atoms with Gasteiger partial charge in [0.05, 0.1) is 12.2 Å². The van der Waals surface area contributed by atoms with Crippen molar-refractivity contribution in [3.8, 4) is 34.6 Å². The minimum absolute atomic E-state index is 0.212. The van der Waals surface area contributed by atoms with Gasteiger partial charge in [-0.2, -0.15) is 5.10 Å². The van der Waals surface area contributed by atoms with Crippen LogP contribution in [0.4, 0.5) is 0 Å². The number of ether oxygens (including phenoxy) is 2. The second-order valence-electron chi connectivity index (χ2n) is 5.73. The van der Waals surface area contributed by atoms with Crippen LogP contribution >= 0.6 is 11.6 Å². The van der Waals surface area contributed by atoms with Crippen LogP contribution in [0.5, 0.6) is 11.5 Å². The molecule has 0 aliphatic carbocycles. The van der Waals surface area contributed by atoms with Gasteiger partial charge in [0.15, 0.2) is 11.5 Å².